The molecule has 1 aliphatic heterocycles. The summed E-state index contributed by atoms with van der Waals surface area (Å²) in [5.41, 5.74) is 1.90. The summed E-state index contributed by atoms with van der Waals surface area (Å²) in [6, 6.07) is 16.3. The van der Waals surface area contributed by atoms with Gasteiger partial charge in [-0.2, -0.15) is 0 Å². The van der Waals surface area contributed by atoms with Crippen LogP contribution in [0.3, 0.4) is 0 Å². The van der Waals surface area contributed by atoms with Crippen molar-refractivity contribution in [1.29, 1.82) is 0 Å². The molecule has 1 fully saturated rings. The molecule has 0 aromatic heterocycles. The van der Waals surface area contributed by atoms with Gasteiger partial charge < -0.3 is 10.6 Å². The number of hydrogen-bond donors (Lipinski definition) is 2. The Hall–Kier alpha value is -2.17. The molecule has 3 rings (SSSR count). The Kier molecular flexibility index (Phi) is 7.16. The molecule has 132 valence electrons. The maximum Gasteiger partial charge on any atom is 0.224 e. The summed E-state index contributed by atoms with van der Waals surface area (Å²) in [7, 11) is 0. The fourth-order valence-electron chi connectivity index (χ4n) is 3.01. The van der Waals surface area contributed by atoms with Gasteiger partial charge in [0.25, 0.3) is 0 Å². The first-order valence-corrected chi connectivity index (χ1v) is 8.43. The van der Waals surface area contributed by atoms with Crippen LogP contribution in [0.2, 0.25) is 0 Å². The topological polar surface area (TPSA) is 58.2 Å². The zero-order chi connectivity index (χ0) is 16.8. The van der Waals surface area contributed by atoms with E-state index in [1.807, 2.05) is 24.3 Å². The van der Waals surface area contributed by atoms with Crippen LogP contribution in [-0.2, 0) is 4.79 Å². The lowest BCUT2D eigenvalue weighted by Gasteiger charge is -2.09. The third-order valence-electron chi connectivity index (χ3n) is 4.39. The molecule has 0 spiro atoms. The van der Waals surface area contributed by atoms with Gasteiger partial charge in [0.1, 0.15) is 0 Å². The Morgan fingerprint density at radius 2 is 1.80 bits per heavy atom. The van der Waals surface area contributed by atoms with E-state index in [0.29, 0.717) is 29.2 Å². The SMILES string of the molecule is Cl.O=C(CCC1CCNC1)Nc1cccc(C(=O)c2ccccc2)c1. The lowest BCUT2D eigenvalue weighted by Crippen LogP contribution is -2.15. The molecule has 2 aromatic carbocycles. The molecule has 25 heavy (non-hydrogen) atoms. The second-order valence-electron chi connectivity index (χ2n) is 6.22. The van der Waals surface area contributed by atoms with Crippen molar-refractivity contribution in [3.8, 4) is 0 Å². The molecule has 2 N–H and O–H groups in total. The van der Waals surface area contributed by atoms with Crippen molar-refractivity contribution in [3.63, 3.8) is 0 Å². The van der Waals surface area contributed by atoms with Crippen LogP contribution in [0.4, 0.5) is 5.69 Å². The zero-order valence-electron chi connectivity index (χ0n) is 14.0. The quantitative estimate of drug-likeness (QED) is 0.774. The van der Waals surface area contributed by atoms with Crippen LogP contribution in [0.1, 0.15) is 35.2 Å². The molecule has 1 heterocycles. The first-order valence-electron chi connectivity index (χ1n) is 8.43. The summed E-state index contributed by atoms with van der Waals surface area (Å²) >= 11 is 0. The number of anilines is 1. The van der Waals surface area contributed by atoms with Gasteiger partial charge in [0.15, 0.2) is 5.78 Å². The van der Waals surface area contributed by atoms with Gasteiger partial charge in [0.2, 0.25) is 5.91 Å². The second kappa shape index (κ2) is 9.35. The second-order valence-corrected chi connectivity index (χ2v) is 6.22. The molecule has 1 aliphatic rings. The normalized spacial score (nSPS) is 16.1. The zero-order valence-corrected chi connectivity index (χ0v) is 14.9. The first kappa shape index (κ1) is 19.2. The molecule has 0 aliphatic carbocycles. The summed E-state index contributed by atoms with van der Waals surface area (Å²) < 4.78 is 0. The molecule has 1 atom stereocenters. The van der Waals surface area contributed by atoms with Crippen molar-refractivity contribution in [1.82, 2.24) is 5.32 Å². The molecule has 0 bridgehead atoms. The van der Waals surface area contributed by atoms with Gasteiger partial charge in [0.05, 0.1) is 0 Å². The van der Waals surface area contributed by atoms with Gasteiger partial charge in [-0.15, -0.1) is 12.4 Å². The number of rotatable bonds is 6. The summed E-state index contributed by atoms with van der Waals surface area (Å²) in [5, 5.41) is 6.21. The van der Waals surface area contributed by atoms with E-state index < -0.39 is 0 Å². The van der Waals surface area contributed by atoms with Gasteiger partial charge in [-0.05, 0) is 44.0 Å². The highest BCUT2D eigenvalue weighted by Crippen LogP contribution is 2.17. The smallest absolute Gasteiger partial charge is 0.224 e. The molecular formula is C20H23ClN2O2. The van der Waals surface area contributed by atoms with Crippen molar-refractivity contribution < 1.29 is 9.59 Å². The monoisotopic (exact) mass is 358 g/mol. The molecule has 0 saturated carbocycles. The number of hydrogen-bond acceptors (Lipinski definition) is 3. The Balaban J connectivity index is 0.00000225. The standard InChI is InChI=1S/C20H22N2O2.ClH/c23-19(10-9-15-11-12-21-14-15)22-18-8-4-7-17(13-18)20(24)16-5-2-1-3-6-16;/h1-8,13,15,21H,9-12,14H2,(H,22,23);1H. The van der Waals surface area contributed by atoms with Crippen LogP contribution >= 0.6 is 12.4 Å². The van der Waals surface area contributed by atoms with Gasteiger partial charge in [-0.25, -0.2) is 0 Å². The summed E-state index contributed by atoms with van der Waals surface area (Å²) in [4.78, 5) is 24.6. The van der Waals surface area contributed by atoms with E-state index in [-0.39, 0.29) is 24.1 Å². The van der Waals surface area contributed by atoms with Crippen molar-refractivity contribution in [2.45, 2.75) is 19.3 Å². The van der Waals surface area contributed by atoms with E-state index in [4.69, 9.17) is 0 Å². The lowest BCUT2D eigenvalue weighted by molar-refractivity contribution is -0.116. The number of nitrogens with one attached hydrogen (secondary N) is 2. The molecule has 1 saturated heterocycles. The average molecular weight is 359 g/mol. The summed E-state index contributed by atoms with van der Waals surface area (Å²) in [6.07, 6.45) is 2.57. The minimum Gasteiger partial charge on any atom is -0.326 e. The average Bonchev–Trinajstić information content (AvgIpc) is 3.14. The van der Waals surface area contributed by atoms with Gasteiger partial charge in [-0.1, -0.05) is 42.5 Å². The third-order valence-corrected chi connectivity index (χ3v) is 4.39. The van der Waals surface area contributed by atoms with E-state index in [9.17, 15) is 9.59 Å². The molecular weight excluding hydrogens is 336 g/mol. The maximum absolute atomic E-state index is 12.5. The predicted octanol–water partition coefficient (Wildman–Crippen LogP) is 3.67. The summed E-state index contributed by atoms with van der Waals surface area (Å²) in [5.74, 6) is 0.566. The Bertz CT molecular complexity index is 713. The van der Waals surface area contributed by atoms with E-state index in [1.165, 1.54) is 0 Å². The van der Waals surface area contributed by atoms with E-state index in [2.05, 4.69) is 10.6 Å². The molecule has 5 heteroatoms. The molecule has 2 aromatic rings. The Labute approximate surface area is 154 Å². The van der Waals surface area contributed by atoms with Crippen molar-refractivity contribution in [2.75, 3.05) is 18.4 Å². The number of ketones is 1. The van der Waals surface area contributed by atoms with Crippen molar-refractivity contribution in [3.05, 3.63) is 65.7 Å². The molecule has 1 unspecified atom stereocenters. The van der Waals surface area contributed by atoms with Gasteiger partial charge in [0, 0.05) is 23.2 Å². The van der Waals surface area contributed by atoms with E-state index in [1.54, 1.807) is 30.3 Å². The lowest BCUT2D eigenvalue weighted by atomic mass is 10.0. The molecule has 0 radical (unpaired) electrons. The summed E-state index contributed by atoms with van der Waals surface area (Å²) in [6.45, 7) is 2.06. The number of carbonyl (C=O) groups is 2. The van der Waals surface area contributed by atoms with Crippen LogP contribution in [0, 0.1) is 5.92 Å². The van der Waals surface area contributed by atoms with E-state index in [0.717, 1.165) is 25.9 Å². The van der Waals surface area contributed by atoms with Crippen molar-refractivity contribution in [2.24, 2.45) is 5.92 Å². The highest BCUT2D eigenvalue weighted by molar-refractivity contribution is 6.09. The number of amides is 1. The number of carbonyl (C=O) groups excluding carboxylic acids is 2. The fourth-order valence-corrected chi connectivity index (χ4v) is 3.01. The van der Waals surface area contributed by atoms with Crippen molar-refractivity contribution >= 4 is 29.8 Å². The largest absolute Gasteiger partial charge is 0.326 e. The Morgan fingerprint density at radius 3 is 2.52 bits per heavy atom. The first-order chi connectivity index (χ1) is 11.7. The Morgan fingerprint density at radius 1 is 1.04 bits per heavy atom. The van der Waals surface area contributed by atoms with Crippen LogP contribution in [0.5, 0.6) is 0 Å². The number of halogens is 1. The van der Waals surface area contributed by atoms with Crippen LogP contribution < -0.4 is 10.6 Å². The molecule has 4 nitrogen and oxygen atoms in total. The van der Waals surface area contributed by atoms with Gasteiger partial charge in [-0.3, -0.25) is 9.59 Å². The predicted molar refractivity (Wildman–Crippen MR) is 102 cm³/mol. The fraction of sp³-hybridized carbons (Fsp3) is 0.300. The van der Waals surface area contributed by atoms with Crippen LogP contribution in [-0.4, -0.2) is 24.8 Å². The minimum absolute atomic E-state index is 0. The maximum atomic E-state index is 12.5. The van der Waals surface area contributed by atoms with E-state index >= 15 is 0 Å². The minimum atomic E-state index is -0.0382. The number of benzene rings is 2. The van der Waals surface area contributed by atoms with Crippen LogP contribution in [0.25, 0.3) is 0 Å². The highest BCUT2D eigenvalue weighted by Gasteiger charge is 2.16. The highest BCUT2D eigenvalue weighted by atomic mass is 35.5. The van der Waals surface area contributed by atoms with Gasteiger partial charge >= 0.3 is 0 Å². The van der Waals surface area contributed by atoms with Crippen LogP contribution in [0.15, 0.2) is 54.6 Å². The molecule has 1 amide bonds. The third kappa shape index (κ3) is 5.41.